The van der Waals surface area contributed by atoms with E-state index >= 15 is 0 Å². The van der Waals surface area contributed by atoms with Crippen LogP contribution in [0.15, 0.2) is 11.3 Å². The fourth-order valence-corrected chi connectivity index (χ4v) is 1.72. The molecule has 1 aliphatic rings. The maximum Gasteiger partial charge on any atom is 0.0972 e. The molecule has 1 unspecified atom stereocenters. The number of ether oxygens (including phenoxy) is 1. The Kier molecular flexibility index (Phi) is 2.36. The first-order valence-corrected chi connectivity index (χ1v) is 3.99. The number of hydrogen-bond donors (Lipinski definition) is 0. The normalized spacial score (nSPS) is 26.9. The van der Waals surface area contributed by atoms with Crippen LogP contribution in [0, 0.1) is 5.92 Å². The monoisotopic (exact) mass is 140 g/mol. The van der Waals surface area contributed by atoms with E-state index in [-0.39, 0.29) is 0 Å². The number of allylic oxidation sites excluding steroid dienone is 2. The largest absolute Gasteiger partial charge is 0.501 e. The molecule has 0 N–H and O–H groups in total. The molecule has 1 aliphatic carbocycles. The van der Waals surface area contributed by atoms with E-state index in [4.69, 9.17) is 4.74 Å². The third kappa shape index (κ3) is 1.34. The topological polar surface area (TPSA) is 9.23 Å². The van der Waals surface area contributed by atoms with Crippen LogP contribution < -0.4 is 0 Å². The third-order valence-electron chi connectivity index (χ3n) is 2.28. The second-order valence-corrected chi connectivity index (χ2v) is 3.14. The lowest BCUT2D eigenvalue weighted by atomic mass is 9.90. The first-order valence-electron chi connectivity index (χ1n) is 3.99. The van der Waals surface area contributed by atoms with Gasteiger partial charge < -0.3 is 4.74 Å². The molecular formula is C9H16O. The standard InChI is InChI=1S/C9H16O/c1-7-5-4-6-8(2)9(7)10-3/h7H,4-6H2,1-3H3. The van der Waals surface area contributed by atoms with Gasteiger partial charge in [0, 0.05) is 5.92 Å². The summed E-state index contributed by atoms with van der Waals surface area (Å²) < 4.78 is 5.30. The van der Waals surface area contributed by atoms with Crippen LogP contribution in [0.25, 0.3) is 0 Å². The zero-order chi connectivity index (χ0) is 7.56. The second-order valence-electron chi connectivity index (χ2n) is 3.14. The average Bonchev–Trinajstić information content (AvgIpc) is 1.88. The van der Waals surface area contributed by atoms with E-state index in [1.165, 1.54) is 30.6 Å². The van der Waals surface area contributed by atoms with Crippen LogP contribution in [-0.2, 0) is 4.74 Å². The van der Waals surface area contributed by atoms with Crippen LogP contribution in [-0.4, -0.2) is 7.11 Å². The van der Waals surface area contributed by atoms with Gasteiger partial charge in [0.25, 0.3) is 0 Å². The number of rotatable bonds is 1. The molecule has 0 bridgehead atoms. The molecule has 0 amide bonds. The lowest BCUT2D eigenvalue weighted by Gasteiger charge is -2.22. The van der Waals surface area contributed by atoms with Crippen LogP contribution in [0.3, 0.4) is 0 Å². The molecule has 0 saturated carbocycles. The minimum absolute atomic E-state index is 0.652. The van der Waals surface area contributed by atoms with E-state index in [0.717, 1.165) is 0 Å². The van der Waals surface area contributed by atoms with Gasteiger partial charge in [0.05, 0.1) is 12.9 Å². The van der Waals surface area contributed by atoms with Crippen molar-refractivity contribution in [1.29, 1.82) is 0 Å². The van der Waals surface area contributed by atoms with Crippen LogP contribution in [0.4, 0.5) is 0 Å². The smallest absolute Gasteiger partial charge is 0.0972 e. The summed E-state index contributed by atoms with van der Waals surface area (Å²) in [5.41, 5.74) is 1.45. The molecule has 0 saturated heterocycles. The Labute approximate surface area is 63.1 Å². The third-order valence-corrected chi connectivity index (χ3v) is 2.28. The summed E-state index contributed by atoms with van der Waals surface area (Å²) >= 11 is 0. The molecule has 0 aromatic carbocycles. The van der Waals surface area contributed by atoms with Gasteiger partial charge in [0.1, 0.15) is 0 Å². The van der Waals surface area contributed by atoms with Gasteiger partial charge in [-0.1, -0.05) is 6.92 Å². The molecule has 0 aliphatic heterocycles. The molecule has 0 fully saturated rings. The predicted molar refractivity (Wildman–Crippen MR) is 42.7 cm³/mol. The summed E-state index contributed by atoms with van der Waals surface area (Å²) in [5, 5.41) is 0. The van der Waals surface area contributed by atoms with Crippen molar-refractivity contribution in [2.24, 2.45) is 5.92 Å². The highest BCUT2D eigenvalue weighted by molar-refractivity contribution is 5.11. The number of hydrogen-bond acceptors (Lipinski definition) is 1. The van der Waals surface area contributed by atoms with Crippen LogP contribution in [0.1, 0.15) is 33.1 Å². The average molecular weight is 140 g/mol. The highest BCUT2D eigenvalue weighted by Gasteiger charge is 2.16. The zero-order valence-electron chi connectivity index (χ0n) is 7.11. The highest BCUT2D eigenvalue weighted by atomic mass is 16.5. The van der Waals surface area contributed by atoms with Crippen molar-refractivity contribution in [1.82, 2.24) is 0 Å². The lowest BCUT2D eigenvalue weighted by molar-refractivity contribution is 0.225. The van der Waals surface area contributed by atoms with Gasteiger partial charge in [0.15, 0.2) is 0 Å². The Morgan fingerprint density at radius 3 is 2.60 bits per heavy atom. The molecule has 0 aromatic rings. The summed E-state index contributed by atoms with van der Waals surface area (Å²) in [5.74, 6) is 1.88. The molecule has 0 spiro atoms. The van der Waals surface area contributed by atoms with E-state index in [0.29, 0.717) is 5.92 Å². The highest BCUT2D eigenvalue weighted by Crippen LogP contribution is 2.29. The van der Waals surface area contributed by atoms with Crippen LogP contribution >= 0.6 is 0 Å². The second kappa shape index (κ2) is 3.09. The summed E-state index contributed by atoms with van der Waals surface area (Å²) in [4.78, 5) is 0. The minimum atomic E-state index is 0.652. The minimum Gasteiger partial charge on any atom is -0.501 e. The maximum absolute atomic E-state index is 5.30. The Balaban J connectivity index is 2.73. The Morgan fingerprint density at radius 1 is 1.50 bits per heavy atom. The number of methoxy groups -OCH3 is 1. The van der Waals surface area contributed by atoms with Gasteiger partial charge in [-0.3, -0.25) is 0 Å². The van der Waals surface area contributed by atoms with Crippen LogP contribution in [0.2, 0.25) is 0 Å². The van der Waals surface area contributed by atoms with Crippen molar-refractivity contribution < 1.29 is 4.74 Å². The molecule has 1 atom stereocenters. The first kappa shape index (κ1) is 7.64. The summed E-state index contributed by atoms with van der Waals surface area (Å²) in [6, 6.07) is 0. The molecular weight excluding hydrogens is 124 g/mol. The van der Waals surface area contributed by atoms with Crippen molar-refractivity contribution in [2.45, 2.75) is 33.1 Å². The Morgan fingerprint density at radius 2 is 2.20 bits per heavy atom. The molecule has 58 valence electrons. The van der Waals surface area contributed by atoms with E-state index in [1.807, 2.05) is 0 Å². The van der Waals surface area contributed by atoms with Gasteiger partial charge in [-0.25, -0.2) is 0 Å². The Hall–Kier alpha value is -0.460. The van der Waals surface area contributed by atoms with Crippen molar-refractivity contribution in [3.63, 3.8) is 0 Å². The van der Waals surface area contributed by atoms with Gasteiger partial charge >= 0.3 is 0 Å². The van der Waals surface area contributed by atoms with Crippen molar-refractivity contribution in [3.05, 3.63) is 11.3 Å². The van der Waals surface area contributed by atoms with Gasteiger partial charge in [-0.2, -0.15) is 0 Å². The summed E-state index contributed by atoms with van der Waals surface area (Å²) in [7, 11) is 1.78. The fraction of sp³-hybridized carbons (Fsp3) is 0.778. The first-order chi connectivity index (χ1) is 4.75. The molecule has 0 heterocycles. The molecule has 1 nitrogen and oxygen atoms in total. The van der Waals surface area contributed by atoms with E-state index in [9.17, 15) is 0 Å². The molecule has 0 radical (unpaired) electrons. The molecule has 1 rings (SSSR count). The SMILES string of the molecule is COC1=C(C)CCCC1C. The zero-order valence-corrected chi connectivity index (χ0v) is 7.11. The molecule has 1 heteroatoms. The fourth-order valence-electron chi connectivity index (χ4n) is 1.72. The Bertz CT molecular complexity index is 147. The predicted octanol–water partition coefficient (Wildman–Crippen LogP) is 2.73. The summed E-state index contributed by atoms with van der Waals surface area (Å²) in [6.07, 6.45) is 3.86. The van der Waals surface area contributed by atoms with Crippen molar-refractivity contribution in [2.75, 3.05) is 7.11 Å². The van der Waals surface area contributed by atoms with E-state index < -0.39 is 0 Å². The van der Waals surface area contributed by atoms with Gasteiger partial charge in [-0.05, 0) is 31.8 Å². The summed E-state index contributed by atoms with van der Waals surface area (Å²) in [6.45, 7) is 4.41. The van der Waals surface area contributed by atoms with Crippen LogP contribution in [0.5, 0.6) is 0 Å². The van der Waals surface area contributed by atoms with Gasteiger partial charge in [0.2, 0.25) is 0 Å². The van der Waals surface area contributed by atoms with Gasteiger partial charge in [-0.15, -0.1) is 0 Å². The van der Waals surface area contributed by atoms with E-state index in [1.54, 1.807) is 7.11 Å². The maximum atomic E-state index is 5.30. The molecule has 0 aromatic heterocycles. The lowest BCUT2D eigenvalue weighted by Crippen LogP contribution is -2.09. The van der Waals surface area contributed by atoms with Crippen molar-refractivity contribution in [3.8, 4) is 0 Å². The molecule has 10 heavy (non-hydrogen) atoms. The quantitative estimate of drug-likeness (QED) is 0.544. The van der Waals surface area contributed by atoms with Crippen molar-refractivity contribution >= 4 is 0 Å². The van der Waals surface area contributed by atoms with E-state index in [2.05, 4.69) is 13.8 Å².